The number of ketones is 2. The fourth-order valence-electron chi connectivity index (χ4n) is 12.8. The van der Waals surface area contributed by atoms with E-state index in [1.54, 1.807) is 0 Å². The van der Waals surface area contributed by atoms with Crippen LogP contribution in [0.5, 0.6) is 0 Å². The maximum absolute atomic E-state index is 13.7. The van der Waals surface area contributed by atoms with Crippen LogP contribution in [0.4, 0.5) is 22.7 Å². The third kappa shape index (κ3) is 4.91. The fourth-order valence-corrected chi connectivity index (χ4v) is 12.8. The molecule has 8 heteroatoms. The van der Waals surface area contributed by atoms with Gasteiger partial charge in [0, 0.05) is 56.5 Å². The van der Waals surface area contributed by atoms with Crippen LogP contribution in [0.2, 0.25) is 0 Å². The number of allylic oxidation sites excluding steroid dienone is 8. The summed E-state index contributed by atoms with van der Waals surface area (Å²) in [6.07, 6.45) is 11.5. The summed E-state index contributed by atoms with van der Waals surface area (Å²) in [5, 5.41) is 19.9. The Labute approximate surface area is 350 Å². The molecule has 0 amide bonds. The largest absolute Gasteiger partial charge is 0.405 e. The first-order valence-corrected chi connectivity index (χ1v) is 21.7. The zero-order valence-corrected chi connectivity index (χ0v) is 33.0. The summed E-state index contributed by atoms with van der Waals surface area (Å²) in [7, 11) is 0. The van der Waals surface area contributed by atoms with E-state index < -0.39 is 0 Å². The Kier molecular flexibility index (Phi) is 7.43. The molecule has 0 spiro atoms. The first-order chi connectivity index (χ1) is 29.6. The van der Waals surface area contributed by atoms with Gasteiger partial charge in [0.15, 0.2) is 11.6 Å². The minimum Gasteiger partial charge on any atom is -0.405 e. The second-order valence-corrected chi connectivity index (χ2v) is 18.0. The average Bonchev–Trinajstić information content (AvgIpc) is 4.16. The predicted molar refractivity (Wildman–Crippen MR) is 246 cm³/mol. The number of fused-ring (bicyclic) bond motifs is 10. The van der Waals surface area contributed by atoms with Gasteiger partial charge in [0.2, 0.25) is 0 Å². The SMILES string of the molecule is O=C1C(c2ccccc2)=C(B2Nc3cccc4cccc(c34)N2)[C@H]2[C@@H]1[C@@H]1C=C[C@H]2C1.O=C1C(c2ccccc2)=C(B2Nc3cccc4cccc(c34)N2)[C@H]2[C@@H]1[C@@H]1C=C[C@H]2C1. The van der Waals surface area contributed by atoms with E-state index in [0.29, 0.717) is 35.2 Å². The molecule has 288 valence electrons. The van der Waals surface area contributed by atoms with Gasteiger partial charge in [-0.05, 0) is 105 Å². The van der Waals surface area contributed by atoms with Gasteiger partial charge >= 0.3 is 14.0 Å². The van der Waals surface area contributed by atoms with Crippen molar-refractivity contribution >= 4 is 81.0 Å². The second kappa shape index (κ2) is 13.0. The Bertz CT molecular complexity index is 2680. The maximum atomic E-state index is 13.7. The summed E-state index contributed by atoms with van der Waals surface area (Å²) in [6, 6.07) is 46.1. The zero-order valence-electron chi connectivity index (χ0n) is 33.0. The third-order valence-electron chi connectivity index (χ3n) is 15.1. The third-order valence-corrected chi connectivity index (χ3v) is 15.1. The van der Waals surface area contributed by atoms with Crippen molar-refractivity contribution in [1.29, 1.82) is 0 Å². The highest BCUT2D eigenvalue weighted by atomic mass is 16.1. The summed E-state index contributed by atoms with van der Waals surface area (Å²) in [5.41, 5.74) is 11.0. The van der Waals surface area contributed by atoms with Gasteiger partial charge in [0.05, 0.1) is 0 Å². The van der Waals surface area contributed by atoms with Crippen LogP contribution in [0, 0.1) is 47.3 Å². The standard InChI is InChI=1S/2C26H21BN2O/c2*30-26-23-18-13-12-17(14-18)22(23)25(24(26)16-6-2-1-3-7-16)27-28-19-10-4-8-15-9-5-11-20(29-27)21(15)19/h2*1-13,17-18,22-23,28-29H,14H2/t2*17-,18+,22+,23-/m00/s1. The van der Waals surface area contributed by atoms with E-state index in [9.17, 15) is 9.59 Å². The summed E-state index contributed by atoms with van der Waals surface area (Å²) in [6.45, 7) is -0.153. The molecule has 2 aliphatic heterocycles. The fraction of sp³-hybridized carbons (Fsp3) is 0.192. The quantitative estimate of drug-likeness (QED) is 0.105. The highest BCUT2D eigenvalue weighted by molar-refractivity contribution is 6.78. The predicted octanol–water partition coefficient (Wildman–Crippen LogP) is 10.4. The number of anilines is 4. The molecule has 0 radical (unpaired) electrons. The van der Waals surface area contributed by atoms with E-state index in [-0.39, 0.29) is 37.6 Å². The molecule has 4 N–H and O–H groups in total. The zero-order chi connectivity index (χ0) is 39.6. The average molecular weight is 777 g/mol. The van der Waals surface area contributed by atoms with Gasteiger partial charge < -0.3 is 20.9 Å². The lowest BCUT2D eigenvalue weighted by Crippen LogP contribution is -2.42. The van der Waals surface area contributed by atoms with Crippen molar-refractivity contribution < 1.29 is 9.59 Å². The van der Waals surface area contributed by atoms with Crippen molar-refractivity contribution in [3.8, 4) is 0 Å². The monoisotopic (exact) mass is 776 g/mol. The number of rotatable bonds is 4. The number of carbonyl (C=O) groups is 2. The molecule has 8 atom stereocenters. The van der Waals surface area contributed by atoms with Gasteiger partial charge in [0.25, 0.3) is 0 Å². The van der Waals surface area contributed by atoms with Crippen LogP contribution < -0.4 is 20.9 Å². The number of benzene rings is 6. The van der Waals surface area contributed by atoms with Crippen molar-refractivity contribution in [1.82, 2.24) is 0 Å². The van der Waals surface area contributed by atoms with Crippen LogP contribution in [0.25, 0.3) is 32.7 Å². The van der Waals surface area contributed by atoms with Crippen molar-refractivity contribution in [3.63, 3.8) is 0 Å². The van der Waals surface area contributed by atoms with Crippen LogP contribution >= 0.6 is 0 Å². The molecule has 2 heterocycles. The molecule has 0 saturated heterocycles. The summed E-state index contributed by atoms with van der Waals surface area (Å²) in [5.74, 6) is 3.16. The topological polar surface area (TPSA) is 82.3 Å². The van der Waals surface area contributed by atoms with Crippen molar-refractivity contribution in [2.24, 2.45) is 47.3 Å². The minimum atomic E-state index is -0.0765. The number of hydrogen-bond donors (Lipinski definition) is 4. The van der Waals surface area contributed by atoms with Crippen LogP contribution in [0.3, 0.4) is 0 Å². The molecule has 4 bridgehead atoms. The van der Waals surface area contributed by atoms with Crippen LogP contribution in [-0.4, -0.2) is 25.5 Å². The first-order valence-electron chi connectivity index (χ1n) is 21.7. The van der Waals surface area contributed by atoms with Crippen LogP contribution in [0.1, 0.15) is 24.0 Å². The number of nitrogens with one attached hydrogen (secondary N) is 4. The molecular formula is C52H42B2N4O2. The first kappa shape index (κ1) is 34.3. The normalized spacial score (nSPS) is 28.1. The lowest BCUT2D eigenvalue weighted by molar-refractivity contribution is -0.118. The van der Waals surface area contributed by atoms with Gasteiger partial charge in [-0.15, -0.1) is 0 Å². The summed E-state index contributed by atoms with van der Waals surface area (Å²) < 4.78 is 0. The smallest absolute Gasteiger partial charge is 0.402 e. The molecule has 0 aromatic heterocycles. The lowest BCUT2D eigenvalue weighted by atomic mass is 9.58. The summed E-state index contributed by atoms with van der Waals surface area (Å²) >= 11 is 0. The van der Waals surface area contributed by atoms with Gasteiger partial charge in [-0.3, -0.25) is 9.59 Å². The Hall–Kier alpha value is -6.53. The number of hydrogen-bond acceptors (Lipinski definition) is 6. The van der Waals surface area contributed by atoms with Gasteiger partial charge in [-0.2, -0.15) is 0 Å². The molecule has 14 rings (SSSR count). The lowest BCUT2D eigenvalue weighted by Gasteiger charge is -2.32. The van der Waals surface area contributed by atoms with E-state index in [1.165, 1.54) is 32.5 Å². The molecule has 6 aromatic carbocycles. The van der Waals surface area contributed by atoms with E-state index in [4.69, 9.17) is 0 Å². The number of Topliss-reactive ketones (excluding diaryl/α,β-unsaturated/α-hetero) is 2. The Morgan fingerprint density at radius 2 is 0.717 bits per heavy atom. The van der Waals surface area contributed by atoms with E-state index in [2.05, 4.69) is 142 Å². The van der Waals surface area contributed by atoms with Gasteiger partial charge in [0.1, 0.15) is 0 Å². The van der Waals surface area contributed by atoms with Crippen molar-refractivity contribution in [3.05, 3.63) is 180 Å². The van der Waals surface area contributed by atoms with Crippen LogP contribution in [-0.2, 0) is 9.59 Å². The minimum absolute atomic E-state index is 0.0765. The second-order valence-electron chi connectivity index (χ2n) is 18.0. The maximum Gasteiger partial charge on any atom is 0.402 e. The van der Waals surface area contributed by atoms with E-state index in [0.717, 1.165) is 57.9 Å². The van der Waals surface area contributed by atoms with Crippen molar-refractivity contribution in [2.75, 3.05) is 20.9 Å². The van der Waals surface area contributed by atoms with Crippen molar-refractivity contribution in [2.45, 2.75) is 12.8 Å². The number of carbonyl (C=O) groups excluding carboxylic acids is 2. The molecule has 2 saturated carbocycles. The Balaban J connectivity index is 0.000000123. The van der Waals surface area contributed by atoms with Gasteiger partial charge in [-0.1, -0.05) is 133 Å². The molecule has 2 fully saturated rings. The molecule has 6 aliphatic carbocycles. The van der Waals surface area contributed by atoms with E-state index in [1.807, 2.05) is 36.4 Å². The van der Waals surface area contributed by atoms with Gasteiger partial charge in [-0.25, -0.2) is 0 Å². The highest BCUT2D eigenvalue weighted by Gasteiger charge is 2.59. The van der Waals surface area contributed by atoms with Crippen LogP contribution in [0.15, 0.2) is 169 Å². The Morgan fingerprint density at radius 3 is 1.07 bits per heavy atom. The Morgan fingerprint density at radius 1 is 0.383 bits per heavy atom. The molecular weight excluding hydrogens is 734 g/mol. The molecule has 6 nitrogen and oxygen atoms in total. The highest BCUT2D eigenvalue weighted by Crippen LogP contribution is 2.60. The summed E-state index contributed by atoms with van der Waals surface area (Å²) in [4.78, 5) is 27.4. The van der Waals surface area contributed by atoms with E-state index >= 15 is 0 Å². The molecule has 6 aromatic rings. The molecule has 0 unspecified atom stereocenters. The molecule has 60 heavy (non-hydrogen) atoms. The molecule has 8 aliphatic rings.